The van der Waals surface area contributed by atoms with Crippen LogP contribution in [0.5, 0.6) is 0 Å². The van der Waals surface area contributed by atoms with E-state index >= 15 is 8.78 Å². The molecule has 1 aliphatic rings. The number of carboxylic acid groups (broad SMARTS) is 1. The average Bonchev–Trinajstić information content (AvgIpc) is 4.04. The number of aliphatic hydroxyl groups is 1. The largest absolute Gasteiger partial charge is 0.465 e. The molecule has 6 N–H and O–H groups in total. The molecule has 0 radical (unpaired) electrons. The molecule has 0 spiro atoms. The number of aromatic nitrogens is 4. The van der Waals surface area contributed by atoms with Gasteiger partial charge in [0.05, 0.1) is 47.5 Å². The molecular weight excluding hydrogens is 1070 g/mol. The molecule has 3 heterocycles. The Labute approximate surface area is 445 Å². The molecule has 27 heteroatoms. The van der Waals surface area contributed by atoms with Crippen molar-refractivity contribution in [3.05, 3.63) is 119 Å². The van der Waals surface area contributed by atoms with Crippen molar-refractivity contribution < 1.29 is 78.1 Å². The summed E-state index contributed by atoms with van der Waals surface area (Å²) in [5, 5.41) is 32.9. The summed E-state index contributed by atoms with van der Waals surface area (Å²) in [7, 11) is 2.74. The third-order valence-corrected chi connectivity index (χ3v) is 13.4. The first-order valence-corrected chi connectivity index (χ1v) is 24.0. The van der Waals surface area contributed by atoms with Gasteiger partial charge in [0.15, 0.2) is 5.78 Å². The van der Waals surface area contributed by atoms with Crippen LogP contribution in [0.15, 0.2) is 79.1 Å². The van der Waals surface area contributed by atoms with Gasteiger partial charge in [-0.05, 0) is 82.1 Å². The van der Waals surface area contributed by atoms with Gasteiger partial charge in [-0.25, -0.2) is 28.0 Å². The second-order valence-corrected chi connectivity index (χ2v) is 19.8. The van der Waals surface area contributed by atoms with Gasteiger partial charge in [0.1, 0.15) is 36.1 Å². The molecule has 0 fully saturated rings. The van der Waals surface area contributed by atoms with Crippen molar-refractivity contribution in [1.29, 1.82) is 0 Å². The number of ketones is 1. The minimum Gasteiger partial charge on any atom is -0.465 e. The van der Waals surface area contributed by atoms with Crippen molar-refractivity contribution in [2.75, 3.05) is 27.2 Å². The number of likely N-dealkylation sites (N-methyl/N-ethyl adjacent to an activating group) is 1. The number of fused-ring (bicyclic) bond motifs is 1. The smallest absolute Gasteiger partial charge is 0.405 e. The molecule has 0 unspecified atom stereocenters. The minimum absolute atomic E-state index is 0.0511. The van der Waals surface area contributed by atoms with Crippen LogP contribution in [-0.4, -0.2) is 133 Å². The molecule has 17 nitrogen and oxygen atoms in total. The summed E-state index contributed by atoms with van der Waals surface area (Å²) in [5.41, 5.74) is -5.02. The quantitative estimate of drug-likeness (QED) is 0.0367. The Bertz CT molecular complexity index is 3090. The lowest BCUT2D eigenvalue weighted by atomic mass is 9.81. The maximum absolute atomic E-state index is 16.0. The topological polar surface area (TPSA) is 216 Å². The number of hydrogen-bond acceptors (Lipinski definition) is 9. The Balaban J connectivity index is 1.34. The molecule has 5 aromatic rings. The lowest BCUT2D eigenvalue weighted by molar-refractivity contribution is -0.220. The van der Waals surface area contributed by atoms with Gasteiger partial charge in [0, 0.05) is 67.4 Å². The van der Waals surface area contributed by atoms with Crippen molar-refractivity contribution in [2.45, 2.75) is 96.9 Å². The Morgan fingerprint density at radius 1 is 0.785 bits per heavy atom. The van der Waals surface area contributed by atoms with Gasteiger partial charge in [-0.2, -0.15) is 40.2 Å². The van der Waals surface area contributed by atoms with E-state index in [2.05, 4.69) is 32.6 Å². The summed E-state index contributed by atoms with van der Waals surface area (Å²) in [4.78, 5) is 71.4. The van der Waals surface area contributed by atoms with E-state index in [-0.39, 0.29) is 34.0 Å². The molecule has 1 aliphatic heterocycles. The van der Waals surface area contributed by atoms with Gasteiger partial charge in [0.2, 0.25) is 11.8 Å². The van der Waals surface area contributed by atoms with Crippen LogP contribution in [0.1, 0.15) is 62.3 Å². The molecule has 6 rings (SSSR count). The van der Waals surface area contributed by atoms with Crippen molar-refractivity contribution in [2.24, 2.45) is 10.8 Å². The standard InChI is InChI=1S/C52H54F10N10O7/c1-49(2,51(57,58)59)43(67-48(78)79)40(74)25-70(22-33-34(53)20-32(21-35(33)54)36-17-18-72(68-36)46(55)56)24-39(73)37(65-45(76)44(66-47(77)63-5)50(3,4)52(60,61)62)19-30-11-9-28(10-12-30)7-8-29-13-15-31(16-14-29)38-23-71-27-42(75)69(6)26-41(71)64-38/h9-18,20-21,23,37,39,43-44,46,67,73H,19,22,24-27H2,1-6H3,(H,65,76)(H,78,79)(H2,63,66,77)/t37-,39-,43+,44+/m0/s1. The molecule has 4 atom stereocenters. The molecular formula is C52H54F10N10O7. The third kappa shape index (κ3) is 14.4. The van der Waals surface area contributed by atoms with E-state index in [1.807, 2.05) is 5.32 Å². The maximum atomic E-state index is 16.0. The lowest BCUT2D eigenvalue weighted by Crippen LogP contribution is -2.63. The normalized spacial score (nSPS) is 14.7. The van der Waals surface area contributed by atoms with Crippen LogP contribution in [0.4, 0.5) is 53.5 Å². The number of nitrogens with zero attached hydrogens (tertiary/aromatic N) is 6. The van der Waals surface area contributed by atoms with Crippen LogP contribution in [0.3, 0.4) is 0 Å². The van der Waals surface area contributed by atoms with E-state index in [0.29, 0.717) is 68.1 Å². The molecule has 0 saturated heterocycles. The van der Waals surface area contributed by atoms with Crippen LogP contribution in [0, 0.1) is 34.3 Å². The summed E-state index contributed by atoms with van der Waals surface area (Å²) in [5.74, 6) is 0.791. The molecule has 424 valence electrons. The number of benzene rings is 3. The number of halogens is 10. The molecule has 3 aromatic carbocycles. The third-order valence-electron chi connectivity index (χ3n) is 13.4. The van der Waals surface area contributed by atoms with Crippen LogP contribution < -0.4 is 21.3 Å². The molecule has 79 heavy (non-hydrogen) atoms. The number of imidazole rings is 1. The van der Waals surface area contributed by atoms with Crippen molar-refractivity contribution >= 4 is 29.7 Å². The van der Waals surface area contributed by atoms with Gasteiger partial charge >= 0.3 is 31.0 Å². The van der Waals surface area contributed by atoms with Crippen molar-refractivity contribution in [1.82, 2.24) is 50.4 Å². The van der Waals surface area contributed by atoms with Gasteiger partial charge in [-0.1, -0.05) is 36.1 Å². The number of nitrogens with one attached hydrogen (secondary N) is 4. The van der Waals surface area contributed by atoms with Gasteiger partial charge in [0.25, 0.3) is 0 Å². The lowest BCUT2D eigenvalue weighted by Gasteiger charge is -2.38. The van der Waals surface area contributed by atoms with Gasteiger partial charge < -0.3 is 40.9 Å². The molecule has 0 saturated carbocycles. The fraction of sp³-hybridized carbons (Fsp3) is 0.404. The summed E-state index contributed by atoms with van der Waals surface area (Å²) in [6.07, 6.45) is -12.5. The first kappa shape index (κ1) is 60.2. The van der Waals surface area contributed by atoms with E-state index in [1.165, 1.54) is 29.6 Å². The highest BCUT2D eigenvalue weighted by atomic mass is 19.4. The SMILES string of the molecule is CNC(=O)N[C@H](C(=O)N[C@@H](Cc1ccc(C#Cc2ccc(-c3cn4c(n3)CN(C)C(=O)C4)cc2)cc1)[C@@H](O)CN(CC(=O)[C@@H](NC(=O)O)C(C)(C)C(F)(F)F)Cc1c(F)cc(-c2ccn(C(F)F)n2)cc1F)C(C)(C)C(F)(F)F. The Hall–Kier alpha value is -7.99. The number of carbonyl (C=O) groups is 5. The first-order chi connectivity index (χ1) is 36.8. The molecule has 0 bridgehead atoms. The summed E-state index contributed by atoms with van der Waals surface area (Å²) in [6, 6.07) is 7.45. The van der Waals surface area contributed by atoms with Gasteiger partial charge in [-0.15, -0.1) is 0 Å². The van der Waals surface area contributed by atoms with E-state index in [9.17, 15) is 69.3 Å². The zero-order valence-corrected chi connectivity index (χ0v) is 43.0. The number of carbonyl (C=O) groups excluding carboxylic acids is 4. The number of Topliss-reactive ketones (excluding diaryl/α,β-unsaturated/α-hetero) is 1. The second-order valence-electron chi connectivity index (χ2n) is 19.8. The maximum Gasteiger partial charge on any atom is 0.405 e. The number of alkyl halides is 8. The fourth-order valence-electron chi connectivity index (χ4n) is 8.33. The van der Waals surface area contributed by atoms with E-state index < -0.39 is 121 Å². The number of urea groups is 1. The Morgan fingerprint density at radius 2 is 1.35 bits per heavy atom. The zero-order valence-electron chi connectivity index (χ0n) is 43.0. The number of aliphatic hydroxyl groups excluding tert-OH is 1. The molecule has 2 aromatic heterocycles. The average molecular weight is 1120 g/mol. The molecule has 0 aliphatic carbocycles. The summed E-state index contributed by atoms with van der Waals surface area (Å²) in [6.45, 7) is -3.81. The Morgan fingerprint density at radius 3 is 1.89 bits per heavy atom. The van der Waals surface area contributed by atoms with Crippen LogP contribution in [0.2, 0.25) is 0 Å². The predicted octanol–water partition coefficient (Wildman–Crippen LogP) is 7.03. The number of amides is 5. The van der Waals surface area contributed by atoms with Crippen LogP contribution >= 0.6 is 0 Å². The van der Waals surface area contributed by atoms with Crippen molar-refractivity contribution in [3.63, 3.8) is 0 Å². The predicted molar refractivity (Wildman–Crippen MR) is 263 cm³/mol. The zero-order chi connectivity index (χ0) is 58.5. The van der Waals surface area contributed by atoms with E-state index in [0.717, 1.165) is 30.7 Å². The van der Waals surface area contributed by atoms with Crippen molar-refractivity contribution in [3.8, 4) is 34.4 Å². The number of hydrogen-bond donors (Lipinski definition) is 6. The Kier molecular flexibility index (Phi) is 18.3. The minimum atomic E-state index is -5.25. The van der Waals surface area contributed by atoms with Crippen LogP contribution in [-0.2, 0) is 40.4 Å². The summed E-state index contributed by atoms with van der Waals surface area (Å²) < 4.78 is 147. The van der Waals surface area contributed by atoms with Crippen LogP contribution in [0.25, 0.3) is 22.5 Å². The first-order valence-electron chi connectivity index (χ1n) is 24.0. The highest BCUT2D eigenvalue weighted by molar-refractivity contribution is 5.90. The van der Waals surface area contributed by atoms with E-state index in [4.69, 9.17) is 0 Å². The second kappa shape index (κ2) is 23.9. The monoisotopic (exact) mass is 1120 g/mol. The highest BCUT2D eigenvalue weighted by Gasteiger charge is 2.57. The fourth-order valence-corrected chi connectivity index (χ4v) is 8.33. The number of rotatable bonds is 19. The van der Waals surface area contributed by atoms with Gasteiger partial charge in [-0.3, -0.25) is 19.3 Å². The molecule has 5 amide bonds. The van der Waals surface area contributed by atoms with E-state index in [1.54, 1.807) is 47.0 Å². The summed E-state index contributed by atoms with van der Waals surface area (Å²) >= 11 is 0. The highest BCUT2D eigenvalue weighted by Crippen LogP contribution is 2.42.